The van der Waals surface area contributed by atoms with Crippen molar-refractivity contribution >= 4 is 34.5 Å². The van der Waals surface area contributed by atoms with Gasteiger partial charge in [-0.05, 0) is 49.1 Å². The van der Waals surface area contributed by atoms with Gasteiger partial charge in [-0.2, -0.15) is 0 Å². The lowest BCUT2D eigenvalue weighted by molar-refractivity contribution is 0.310. The molecule has 33 heavy (non-hydrogen) atoms. The Balaban J connectivity index is 1.57. The van der Waals surface area contributed by atoms with E-state index in [0.29, 0.717) is 29.4 Å². The second kappa shape index (κ2) is 7.58. The first-order valence-corrected chi connectivity index (χ1v) is 12.2. The highest BCUT2D eigenvalue weighted by Crippen LogP contribution is 2.50. The highest BCUT2D eigenvalue weighted by Gasteiger charge is 2.56. The van der Waals surface area contributed by atoms with Crippen molar-refractivity contribution in [2.45, 2.75) is 44.1 Å². The van der Waals surface area contributed by atoms with E-state index in [-0.39, 0.29) is 5.60 Å². The molecule has 2 aromatic rings. The van der Waals surface area contributed by atoms with E-state index >= 15 is 0 Å². The smallest absolute Gasteiger partial charge is 0.146 e. The third-order valence-electron chi connectivity index (χ3n) is 6.71. The molecule has 4 aliphatic heterocycles. The molecule has 1 spiro atoms. The van der Waals surface area contributed by atoms with Crippen molar-refractivity contribution in [2.24, 2.45) is 9.98 Å². The van der Waals surface area contributed by atoms with Crippen molar-refractivity contribution in [2.75, 3.05) is 13.2 Å². The van der Waals surface area contributed by atoms with Crippen LogP contribution in [0.5, 0.6) is 0 Å². The molecule has 2 unspecified atom stereocenters. The summed E-state index contributed by atoms with van der Waals surface area (Å²) in [6.45, 7) is 5.00. The van der Waals surface area contributed by atoms with Crippen LogP contribution < -0.4 is 0 Å². The number of thiophene rings is 1. The second-order valence-electron chi connectivity index (χ2n) is 9.09. The minimum atomic E-state index is -1.09. The monoisotopic (exact) mass is 485 g/mol. The fourth-order valence-electron chi connectivity index (χ4n) is 4.86. The number of epoxide rings is 1. The molecule has 1 aromatic heterocycles. The van der Waals surface area contributed by atoms with Crippen LogP contribution in [0.15, 0.2) is 63.1 Å². The first-order valence-electron chi connectivity index (χ1n) is 11.0. The average molecular weight is 486 g/mol. The van der Waals surface area contributed by atoms with Crippen molar-refractivity contribution in [3.8, 4) is 0 Å². The zero-order valence-corrected chi connectivity index (χ0v) is 19.8. The van der Waals surface area contributed by atoms with Gasteiger partial charge in [-0.1, -0.05) is 23.7 Å². The molecule has 0 aliphatic carbocycles. The maximum atomic E-state index is 14.1. The quantitative estimate of drug-likeness (QED) is 0.512. The number of amidine groups is 1. The predicted octanol–water partition coefficient (Wildman–Crippen LogP) is 5.82. The lowest BCUT2D eigenvalue weighted by atomic mass is 9.90. The Kier molecular flexibility index (Phi) is 4.87. The predicted molar refractivity (Wildman–Crippen MR) is 128 cm³/mol. The highest BCUT2D eigenvalue weighted by atomic mass is 35.5. The van der Waals surface area contributed by atoms with Crippen LogP contribution in [0, 0.1) is 12.7 Å². The minimum Gasteiger partial charge on any atom is -0.367 e. The third-order valence-corrected chi connectivity index (χ3v) is 8.05. The standard InChI is InChI=1S/C25H22ClF2N3OS/c1-13-7-8-33-23(13)24-30-22(16-4-3-15(28)9-17(16)26)21(19-6-5-18(29-19)14(2)27)20-10-25(12-32-25)11-31(20)24/h3-9,14,18,22H,10-12H2,1-2H3/t14?,18-,22+,25?/m1/s1. The molecule has 0 saturated carbocycles. The van der Waals surface area contributed by atoms with Crippen molar-refractivity contribution in [3.05, 3.63) is 79.9 Å². The zero-order valence-electron chi connectivity index (χ0n) is 18.2. The summed E-state index contributed by atoms with van der Waals surface area (Å²) >= 11 is 8.19. The molecule has 0 radical (unpaired) electrons. The molecule has 170 valence electrons. The fourth-order valence-corrected chi connectivity index (χ4v) is 6.07. The van der Waals surface area contributed by atoms with Crippen LogP contribution in [0.25, 0.3) is 0 Å². The summed E-state index contributed by atoms with van der Waals surface area (Å²) in [5.74, 6) is 0.473. The molecule has 1 aromatic carbocycles. The molecule has 2 saturated heterocycles. The average Bonchev–Trinajstić information content (AvgIpc) is 3.13. The van der Waals surface area contributed by atoms with Gasteiger partial charge in [0.05, 0.1) is 29.8 Å². The summed E-state index contributed by atoms with van der Waals surface area (Å²) < 4.78 is 33.8. The van der Waals surface area contributed by atoms with Gasteiger partial charge in [0.1, 0.15) is 29.5 Å². The van der Waals surface area contributed by atoms with Gasteiger partial charge in [0, 0.05) is 28.3 Å². The second-order valence-corrected chi connectivity index (χ2v) is 10.4. The maximum absolute atomic E-state index is 14.1. The molecule has 2 fully saturated rings. The molecular weight excluding hydrogens is 464 g/mol. The molecular formula is C25H22ClF2N3OS. The molecule has 4 atom stereocenters. The number of ether oxygens (including phenoxy) is 1. The Labute approximate surface area is 199 Å². The molecule has 4 nitrogen and oxygen atoms in total. The normalized spacial score (nSPS) is 28.9. The van der Waals surface area contributed by atoms with Crippen molar-refractivity contribution in [1.29, 1.82) is 0 Å². The lowest BCUT2D eigenvalue weighted by Crippen LogP contribution is -2.35. The Morgan fingerprint density at radius 1 is 1.30 bits per heavy atom. The Bertz CT molecular complexity index is 1270. The van der Waals surface area contributed by atoms with Crippen LogP contribution in [0.1, 0.15) is 35.4 Å². The fraction of sp³-hybridized carbons (Fsp3) is 0.360. The molecule has 0 amide bonds. The van der Waals surface area contributed by atoms with Gasteiger partial charge < -0.3 is 9.64 Å². The number of alkyl halides is 1. The zero-order chi connectivity index (χ0) is 22.9. The number of benzene rings is 1. The van der Waals surface area contributed by atoms with E-state index in [0.717, 1.165) is 34.0 Å². The number of aryl methyl sites for hydroxylation is 1. The SMILES string of the molecule is Cc1ccsc1C1=N[C@@H](c2ccc(F)cc2Cl)C(C2=N[C@@H](C(C)F)C=C2)=C2CC3(CO3)CN12. The van der Waals surface area contributed by atoms with Gasteiger partial charge in [0.2, 0.25) is 0 Å². The number of allylic oxidation sites excluding steroid dienone is 1. The molecule has 6 rings (SSSR count). The minimum absolute atomic E-state index is 0.219. The van der Waals surface area contributed by atoms with Gasteiger partial charge in [0.15, 0.2) is 0 Å². The van der Waals surface area contributed by atoms with E-state index in [4.69, 9.17) is 21.3 Å². The Hall–Kier alpha value is -2.35. The van der Waals surface area contributed by atoms with Gasteiger partial charge in [-0.3, -0.25) is 9.98 Å². The summed E-state index contributed by atoms with van der Waals surface area (Å²) in [6, 6.07) is 5.48. The number of fused-ring (bicyclic) bond motifs is 1. The van der Waals surface area contributed by atoms with E-state index in [1.165, 1.54) is 19.1 Å². The lowest BCUT2D eigenvalue weighted by Gasteiger charge is -2.33. The molecule has 4 aliphatic rings. The van der Waals surface area contributed by atoms with Crippen LogP contribution in [0.3, 0.4) is 0 Å². The summed E-state index contributed by atoms with van der Waals surface area (Å²) in [5.41, 5.74) is 4.31. The largest absolute Gasteiger partial charge is 0.367 e. The number of halogens is 3. The number of hydrogen-bond donors (Lipinski definition) is 0. The summed E-state index contributed by atoms with van der Waals surface area (Å²) in [4.78, 5) is 13.2. The first-order chi connectivity index (χ1) is 15.8. The molecule has 0 bridgehead atoms. The third kappa shape index (κ3) is 3.49. The van der Waals surface area contributed by atoms with E-state index in [9.17, 15) is 8.78 Å². The number of aliphatic imine (C=N–C) groups is 2. The van der Waals surface area contributed by atoms with E-state index < -0.39 is 24.1 Å². The molecule has 5 heterocycles. The first kappa shape index (κ1) is 21.2. The van der Waals surface area contributed by atoms with E-state index in [1.807, 2.05) is 6.08 Å². The van der Waals surface area contributed by atoms with Gasteiger partial charge >= 0.3 is 0 Å². The van der Waals surface area contributed by atoms with Crippen LogP contribution in [-0.2, 0) is 4.74 Å². The maximum Gasteiger partial charge on any atom is 0.146 e. The van der Waals surface area contributed by atoms with E-state index in [2.05, 4.69) is 28.3 Å². The van der Waals surface area contributed by atoms with Crippen LogP contribution in [0.4, 0.5) is 8.78 Å². The summed E-state index contributed by atoms with van der Waals surface area (Å²) in [5, 5.41) is 2.37. The van der Waals surface area contributed by atoms with Crippen molar-refractivity contribution in [1.82, 2.24) is 4.90 Å². The number of nitrogens with zero attached hydrogens (tertiary/aromatic N) is 3. The van der Waals surface area contributed by atoms with Crippen LogP contribution >= 0.6 is 22.9 Å². The highest BCUT2D eigenvalue weighted by molar-refractivity contribution is 7.12. The Morgan fingerprint density at radius 3 is 2.76 bits per heavy atom. The van der Waals surface area contributed by atoms with Crippen molar-refractivity contribution < 1.29 is 13.5 Å². The molecule has 8 heteroatoms. The summed E-state index contributed by atoms with van der Waals surface area (Å²) in [7, 11) is 0. The van der Waals surface area contributed by atoms with Crippen LogP contribution in [0.2, 0.25) is 5.02 Å². The van der Waals surface area contributed by atoms with Gasteiger partial charge in [0.25, 0.3) is 0 Å². The van der Waals surface area contributed by atoms with Gasteiger partial charge in [-0.25, -0.2) is 8.78 Å². The Morgan fingerprint density at radius 2 is 2.12 bits per heavy atom. The topological polar surface area (TPSA) is 40.5 Å². The van der Waals surface area contributed by atoms with E-state index in [1.54, 1.807) is 23.5 Å². The summed E-state index contributed by atoms with van der Waals surface area (Å²) in [6.07, 6.45) is 3.30. The molecule has 0 N–H and O–H groups in total. The van der Waals surface area contributed by atoms with Crippen molar-refractivity contribution in [3.63, 3.8) is 0 Å². The number of hydrogen-bond acceptors (Lipinski definition) is 5. The van der Waals surface area contributed by atoms with Crippen LogP contribution in [-0.4, -0.2) is 47.4 Å². The number of rotatable bonds is 4. The van der Waals surface area contributed by atoms with Gasteiger partial charge in [-0.15, -0.1) is 11.3 Å².